The number of nitrogen functional groups attached to an aromatic ring is 1. The number of anilines is 1. The summed E-state index contributed by atoms with van der Waals surface area (Å²) in [5.41, 5.74) is 5.79. The zero-order valence-corrected chi connectivity index (χ0v) is 26.9. The van der Waals surface area contributed by atoms with E-state index < -0.39 is 83.0 Å². The van der Waals surface area contributed by atoms with Gasteiger partial charge in [-0.15, -0.1) is 23.1 Å². The number of nitrogens with zero attached hydrogens (tertiary/aromatic N) is 5. The number of aliphatic hydroxyl groups is 2. The van der Waals surface area contributed by atoms with Crippen LogP contribution in [0.4, 0.5) is 10.6 Å². The van der Waals surface area contributed by atoms with Crippen molar-refractivity contribution in [2.45, 2.75) is 42.8 Å². The molecule has 0 saturated carbocycles. The first-order valence-corrected chi connectivity index (χ1v) is 17.4. The second kappa shape index (κ2) is 13.4. The number of aliphatic carboxylic acids is 1. The van der Waals surface area contributed by atoms with Crippen molar-refractivity contribution in [1.82, 2.24) is 29.1 Å². The van der Waals surface area contributed by atoms with Crippen molar-refractivity contribution in [2.75, 3.05) is 24.7 Å². The summed E-state index contributed by atoms with van der Waals surface area (Å²) < 4.78 is 42.9. The second-order valence-corrected chi connectivity index (χ2v) is 14.3. The van der Waals surface area contributed by atoms with Crippen LogP contribution >= 0.6 is 23.1 Å². The minimum Gasteiger partial charge on any atom is -0.477 e. The third-order valence-corrected chi connectivity index (χ3v) is 10.9. The Bertz CT molecular complexity index is 1900. The number of carboxylic acid groups (broad SMARTS) is 1. The molecule has 3 aromatic heterocycles. The van der Waals surface area contributed by atoms with Gasteiger partial charge in [0.05, 0.1) is 24.2 Å². The van der Waals surface area contributed by atoms with Crippen molar-refractivity contribution in [3.63, 3.8) is 0 Å². The van der Waals surface area contributed by atoms with Crippen LogP contribution in [-0.4, -0.2) is 115 Å². The van der Waals surface area contributed by atoms with E-state index in [0.29, 0.717) is 0 Å². The van der Waals surface area contributed by atoms with Gasteiger partial charge in [-0.05, 0) is 11.4 Å². The fourth-order valence-electron chi connectivity index (χ4n) is 5.48. The minimum absolute atomic E-state index is 0.0352. The maximum Gasteiger partial charge on any atom is 0.423 e. The largest absolute Gasteiger partial charge is 0.477 e. The van der Waals surface area contributed by atoms with Crippen molar-refractivity contribution < 1.29 is 56.6 Å². The van der Waals surface area contributed by atoms with Gasteiger partial charge in [0.1, 0.15) is 48.2 Å². The number of carbonyl (C=O) groups excluding carboxylic acids is 3. The number of fused-ring (bicyclic) bond motifs is 2. The molecule has 2 saturated heterocycles. The Morgan fingerprint density at radius 3 is 2.71 bits per heavy atom. The van der Waals surface area contributed by atoms with Crippen molar-refractivity contribution in [3.8, 4) is 0 Å². The fourth-order valence-corrected chi connectivity index (χ4v) is 8.24. The zero-order valence-electron chi connectivity index (χ0n) is 24.4. The number of thiophene rings is 1. The number of hydrogen-bond donors (Lipinski definition) is 5. The highest BCUT2D eigenvalue weighted by Crippen LogP contribution is 2.45. The number of rotatable bonds is 12. The molecule has 3 aliphatic heterocycles. The highest BCUT2D eigenvalue weighted by Gasteiger charge is 2.54. The summed E-state index contributed by atoms with van der Waals surface area (Å²) in [7, 11) is -4.85. The lowest BCUT2D eigenvalue weighted by Crippen LogP contribution is -2.62. The van der Waals surface area contributed by atoms with E-state index in [0.717, 1.165) is 16.1 Å². The van der Waals surface area contributed by atoms with Crippen LogP contribution in [0.15, 0.2) is 41.4 Å². The third kappa shape index (κ3) is 6.59. The van der Waals surface area contributed by atoms with Gasteiger partial charge < -0.3 is 30.5 Å². The Morgan fingerprint density at radius 2 is 1.98 bits per heavy atom. The van der Waals surface area contributed by atoms with Crippen LogP contribution in [0.3, 0.4) is 0 Å². The van der Waals surface area contributed by atoms with Gasteiger partial charge in [0.25, 0.3) is 0 Å². The molecule has 6 rings (SSSR count). The maximum atomic E-state index is 12.9. The van der Waals surface area contributed by atoms with Crippen molar-refractivity contribution in [2.24, 2.45) is 5.92 Å². The molecule has 0 aromatic carbocycles. The van der Waals surface area contributed by atoms with E-state index in [2.05, 4.69) is 15.0 Å². The smallest absolute Gasteiger partial charge is 0.423 e. The fraction of sp³-hybridized carbons (Fsp3) is 0.423. The van der Waals surface area contributed by atoms with E-state index in [1.807, 2.05) is 17.5 Å². The quantitative estimate of drug-likeness (QED) is 0.142. The van der Waals surface area contributed by atoms with E-state index in [1.165, 1.54) is 38.7 Å². The van der Waals surface area contributed by atoms with Crippen molar-refractivity contribution >= 4 is 74.1 Å². The highest BCUT2D eigenvalue weighted by atomic mass is 32.2. The molecule has 6 heterocycles. The number of amides is 2. The summed E-state index contributed by atoms with van der Waals surface area (Å²) in [4.78, 5) is 63.6. The molecule has 3 aromatic rings. The molecule has 6 N–H and O–H groups in total. The molecule has 3 aliphatic rings. The number of ether oxygens (including phenoxy) is 2. The molecular weight excluding hydrogens is 699 g/mol. The molecular formula is C26H27N7O12S3. The molecule has 22 heteroatoms. The molecule has 48 heavy (non-hydrogen) atoms. The number of ketones is 1. The van der Waals surface area contributed by atoms with Gasteiger partial charge in [-0.2, -0.15) is 13.1 Å². The Morgan fingerprint density at radius 1 is 1.19 bits per heavy atom. The first-order valence-electron chi connectivity index (χ1n) is 14.1. The van der Waals surface area contributed by atoms with E-state index in [1.54, 1.807) is 0 Å². The Labute approximate surface area is 278 Å². The summed E-state index contributed by atoms with van der Waals surface area (Å²) in [6, 6.07) is 3.62. The summed E-state index contributed by atoms with van der Waals surface area (Å²) in [6.45, 7) is -1.50. The predicted molar refractivity (Wildman–Crippen MR) is 164 cm³/mol. The van der Waals surface area contributed by atoms with Crippen LogP contribution in [0.5, 0.6) is 0 Å². The molecule has 256 valence electrons. The minimum atomic E-state index is -4.85. The van der Waals surface area contributed by atoms with Crippen LogP contribution in [0, 0.1) is 5.92 Å². The van der Waals surface area contributed by atoms with Crippen LogP contribution in [0.2, 0.25) is 0 Å². The summed E-state index contributed by atoms with van der Waals surface area (Å²) >= 11 is 2.61. The molecule has 0 unspecified atom stereocenters. The van der Waals surface area contributed by atoms with E-state index in [9.17, 15) is 42.9 Å². The number of aromatic nitrogens is 4. The molecule has 2 fully saturated rings. The summed E-state index contributed by atoms with van der Waals surface area (Å²) in [5.74, 6) is -2.76. The standard InChI is InChI=1S/C26H27N7O12S3/c27-20-16-21(29-9-28-20)32(10-30-16)23-19(36)18(35)15(45-23)7-44-48(41,42)31-26(40)43-6-11-8-47-24-14(22(37)33(24)17(11)25(38)39)5-12(34)4-13-2-1-3-46-13/h1-3,9-10,14-15,18-19,23-24,35-36H,4-8H2,(H,31,40)(H,38,39)(H2,27,28,29)/t14-,15-,18-,19-,23-,24-/m1/s1. The first kappa shape index (κ1) is 33.7. The number of nitrogens with two attached hydrogens (primary N) is 1. The monoisotopic (exact) mass is 725 g/mol. The topological polar surface area (TPSA) is 276 Å². The van der Waals surface area contributed by atoms with Crippen LogP contribution in [0.25, 0.3) is 11.2 Å². The molecule has 6 atom stereocenters. The Hall–Kier alpha value is -4.19. The van der Waals surface area contributed by atoms with Gasteiger partial charge in [-0.3, -0.25) is 23.2 Å². The van der Waals surface area contributed by atoms with Gasteiger partial charge in [-0.25, -0.2) is 24.5 Å². The number of thioether (sulfide) groups is 1. The Balaban J connectivity index is 1.02. The number of nitrogens with one attached hydrogen (secondary N) is 1. The number of hydrogen-bond acceptors (Lipinski definition) is 17. The predicted octanol–water partition coefficient (Wildman–Crippen LogP) is -0.851. The second-order valence-electron chi connectivity index (χ2n) is 10.8. The van der Waals surface area contributed by atoms with Gasteiger partial charge in [0.2, 0.25) is 5.91 Å². The average molecular weight is 726 g/mol. The number of aliphatic hydroxyl groups excluding tert-OH is 2. The molecule has 0 aliphatic carbocycles. The summed E-state index contributed by atoms with van der Waals surface area (Å²) in [5, 5.41) is 32.1. The SMILES string of the molecule is Nc1ncnc2c1ncn2[C@@H]1O[C@H](COS(=O)(=O)NC(=O)OCC2=C(C(=O)O)N3C(=O)[C@@H](CC(=O)Cc4cccs4)[C@H]3SC2)[C@@H](O)[C@H]1O. The number of Topliss-reactive ketones (excluding diaryl/α,β-unsaturated/α-hetero) is 1. The van der Waals surface area contributed by atoms with E-state index in [-0.39, 0.29) is 46.9 Å². The van der Waals surface area contributed by atoms with Crippen LogP contribution in [-0.2, 0) is 44.8 Å². The number of β-lactam (4-membered cyclic amide) rings is 1. The van der Waals surface area contributed by atoms with Gasteiger partial charge >= 0.3 is 22.4 Å². The molecule has 0 spiro atoms. The lowest BCUT2D eigenvalue weighted by molar-refractivity contribution is -0.154. The van der Waals surface area contributed by atoms with E-state index in [4.69, 9.17) is 19.4 Å². The van der Waals surface area contributed by atoms with Gasteiger partial charge in [0, 0.05) is 29.0 Å². The van der Waals surface area contributed by atoms with E-state index >= 15 is 0 Å². The lowest BCUT2D eigenvalue weighted by atomic mass is 9.89. The maximum absolute atomic E-state index is 12.9. The highest BCUT2D eigenvalue weighted by molar-refractivity contribution is 8.00. The van der Waals surface area contributed by atoms with Crippen molar-refractivity contribution in [3.05, 3.63) is 46.3 Å². The number of carboxylic acids is 1. The molecule has 0 radical (unpaired) electrons. The van der Waals surface area contributed by atoms with Crippen molar-refractivity contribution in [1.29, 1.82) is 0 Å². The van der Waals surface area contributed by atoms with Gasteiger partial charge in [0.15, 0.2) is 17.7 Å². The normalized spacial score (nSPS) is 25.5. The van der Waals surface area contributed by atoms with Gasteiger partial charge in [-0.1, -0.05) is 6.07 Å². The average Bonchev–Trinajstić information content (AvgIpc) is 3.78. The molecule has 0 bridgehead atoms. The molecule has 19 nitrogen and oxygen atoms in total. The number of carbonyl (C=O) groups is 4. The molecule has 2 amide bonds. The Kier molecular flexibility index (Phi) is 9.39. The van der Waals surface area contributed by atoms with Crippen LogP contribution in [0.1, 0.15) is 17.5 Å². The third-order valence-electron chi connectivity index (χ3n) is 7.73. The zero-order chi connectivity index (χ0) is 34.3. The van der Waals surface area contributed by atoms with Crippen LogP contribution < -0.4 is 10.5 Å². The summed E-state index contributed by atoms with van der Waals surface area (Å²) in [6.07, 6.45) is -4.79. The number of imidazole rings is 1. The first-order chi connectivity index (χ1) is 22.8. The lowest BCUT2D eigenvalue weighted by Gasteiger charge is -2.49.